The van der Waals surface area contributed by atoms with Gasteiger partial charge >= 0.3 is 6.03 Å². The Morgan fingerprint density at radius 3 is 2.39 bits per heavy atom. The van der Waals surface area contributed by atoms with Crippen LogP contribution >= 0.6 is 0 Å². The summed E-state index contributed by atoms with van der Waals surface area (Å²) in [5, 5.41) is 2.73. The molecule has 1 saturated heterocycles. The van der Waals surface area contributed by atoms with Crippen LogP contribution in [-0.4, -0.2) is 61.0 Å². The van der Waals surface area contributed by atoms with Gasteiger partial charge in [-0.25, -0.2) is 9.18 Å². The smallest absolute Gasteiger partial charge is 0.321 e. The third-order valence-electron chi connectivity index (χ3n) is 4.94. The summed E-state index contributed by atoms with van der Waals surface area (Å²) in [6.07, 6.45) is 1.46. The maximum absolute atomic E-state index is 14.4. The van der Waals surface area contributed by atoms with E-state index in [-0.39, 0.29) is 23.8 Å². The molecule has 2 heterocycles. The molecule has 3 rings (SSSR count). The average molecular weight is 388 g/mol. The number of rotatable bonds is 4. The maximum atomic E-state index is 14.4. The molecule has 8 heteroatoms. The first-order valence-electron chi connectivity index (χ1n) is 9.28. The van der Waals surface area contributed by atoms with Crippen molar-refractivity contribution in [2.75, 3.05) is 43.4 Å². The molecule has 0 spiro atoms. The van der Waals surface area contributed by atoms with Crippen molar-refractivity contribution in [2.24, 2.45) is 0 Å². The minimum atomic E-state index is -0.386. The van der Waals surface area contributed by atoms with Crippen LogP contribution in [0.15, 0.2) is 41.0 Å². The Bertz CT molecular complexity index is 830. The minimum Gasteiger partial charge on any atom is -0.459 e. The van der Waals surface area contributed by atoms with Gasteiger partial charge in [-0.05, 0) is 44.2 Å². The number of carbonyl (C=O) groups excluding carboxylic acids is 2. The van der Waals surface area contributed by atoms with Crippen LogP contribution in [0.2, 0.25) is 0 Å². The molecule has 28 heavy (non-hydrogen) atoms. The first kappa shape index (κ1) is 19.7. The van der Waals surface area contributed by atoms with Crippen molar-refractivity contribution in [1.29, 1.82) is 0 Å². The zero-order chi connectivity index (χ0) is 20.3. The fourth-order valence-electron chi connectivity index (χ4n) is 3.02. The molecule has 0 saturated carbocycles. The van der Waals surface area contributed by atoms with E-state index in [4.69, 9.17) is 4.42 Å². The number of nitrogens with zero attached hydrogens (tertiary/aromatic N) is 3. The van der Waals surface area contributed by atoms with Crippen molar-refractivity contribution < 1.29 is 18.4 Å². The summed E-state index contributed by atoms with van der Waals surface area (Å²) < 4.78 is 19.5. The van der Waals surface area contributed by atoms with E-state index in [9.17, 15) is 14.0 Å². The van der Waals surface area contributed by atoms with Gasteiger partial charge in [-0.3, -0.25) is 4.79 Å². The number of hydrogen-bond donors (Lipinski definition) is 1. The highest BCUT2D eigenvalue weighted by Gasteiger charge is 2.26. The third kappa shape index (κ3) is 4.27. The number of nitrogens with one attached hydrogen (secondary N) is 1. The van der Waals surface area contributed by atoms with E-state index >= 15 is 0 Å². The summed E-state index contributed by atoms with van der Waals surface area (Å²) in [4.78, 5) is 29.8. The van der Waals surface area contributed by atoms with Gasteiger partial charge in [-0.15, -0.1) is 0 Å². The average Bonchev–Trinajstić information content (AvgIpc) is 3.22. The number of urea groups is 1. The summed E-state index contributed by atoms with van der Waals surface area (Å²) in [5.41, 5.74) is 0.885. The molecule has 1 aliphatic rings. The van der Waals surface area contributed by atoms with E-state index in [1.165, 1.54) is 12.3 Å². The lowest BCUT2D eigenvalue weighted by molar-refractivity contribution is 0.0640. The number of anilines is 2. The van der Waals surface area contributed by atoms with Crippen LogP contribution in [0.3, 0.4) is 0 Å². The van der Waals surface area contributed by atoms with Gasteiger partial charge in [0.15, 0.2) is 5.76 Å². The van der Waals surface area contributed by atoms with Gasteiger partial charge < -0.3 is 24.4 Å². The van der Waals surface area contributed by atoms with Crippen molar-refractivity contribution >= 4 is 23.3 Å². The monoisotopic (exact) mass is 388 g/mol. The van der Waals surface area contributed by atoms with Gasteiger partial charge in [0.2, 0.25) is 0 Å². The van der Waals surface area contributed by atoms with Gasteiger partial charge in [0, 0.05) is 45.0 Å². The van der Waals surface area contributed by atoms with E-state index in [0.717, 1.165) is 0 Å². The number of benzene rings is 1. The summed E-state index contributed by atoms with van der Waals surface area (Å²) in [7, 11) is 1.82. The normalized spacial score (nSPS) is 14.3. The molecule has 3 amide bonds. The molecule has 0 unspecified atom stereocenters. The van der Waals surface area contributed by atoms with Crippen molar-refractivity contribution in [1.82, 2.24) is 9.80 Å². The predicted molar refractivity (Wildman–Crippen MR) is 105 cm³/mol. The number of piperazine rings is 1. The van der Waals surface area contributed by atoms with Crippen LogP contribution in [0.4, 0.5) is 20.6 Å². The molecule has 2 aromatic rings. The summed E-state index contributed by atoms with van der Waals surface area (Å²) in [6, 6.07) is 7.81. The molecule has 7 nitrogen and oxygen atoms in total. The number of furan rings is 1. The number of halogens is 1. The van der Waals surface area contributed by atoms with Crippen LogP contribution < -0.4 is 10.2 Å². The molecule has 1 aromatic carbocycles. The van der Waals surface area contributed by atoms with Gasteiger partial charge in [0.05, 0.1) is 12.0 Å². The number of hydrogen-bond acceptors (Lipinski definition) is 4. The van der Waals surface area contributed by atoms with E-state index in [2.05, 4.69) is 5.32 Å². The van der Waals surface area contributed by atoms with E-state index in [1.54, 1.807) is 34.1 Å². The summed E-state index contributed by atoms with van der Waals surface area (Å²) >= 11 is 0. The molecule has 0 bridgehead atoms. The second-order valence-corrected chi connectivity index (χ2v) is 7.06. The fourth-order valence-corrected chi connectivity index (χ4v) is 3.02. The van der Waals surface area contributed by atoms with E-state index < -0.39 is 0 Å². The van der Waals surface area contributed by atoms with Crippen molar-refractivity contribution in [3.05, 3.63) is 48.2 Å². The fraction of sp³-hybridized carbons (Fsp3) is 0.400. The molecule has 1 aromatic heterocycles. The highest BCUT2D eigenvalue weighted by molar-refractivity contribution is 5.92. The standard InChI is InChI=1S/C20H25FN4O3/c1-14(2)23(3)17-7-6-15(13-16(17)21)22-20(27)25-10-8-24(9-11-25)19(26)18-5-4-12-28-18/h4-7,12-14H,8-11H2,1-3H3,(H,22,27). The zero-order valence-electron chi connectivity index (χ0n) is 16.3. The summed E-state index contributed by atoms with van der Waals surface area (Å²) in [5.74, 6) is -0.278. The lowest BCUT2D eigenvalue weighted by Gasteiger charge is -2.34. The Balaban J connectivity index is 1.56. The van der Waals surface area contributed by atoms with Crippen LogP contribution in [-0.2, 0) is 0 Å². The summed E-state index contributed by atoms with van der Waals surface area (Å²) in [6.45, 7) is 5.58. The lowest BCUT2D eigenvalue weighted by atomic mass is 10.2. The van der Waals surface area contributed by atoms with Crippen LogP contribution in [0.1, 0.15) is 24.4 Å². The zero-order valence-corrected chi connectivity index (χ0v) is 16.3. The lowest BCUT2D eigenvalue weighted by Crippen LogP contribution is -2.51. The Labute approximate surface area is 163 Å². The highest BCUT2D eigenvalue weighted by atomic mass is 19.1. The SMILES string of the molecule is CC(C)N(C)c1ccc(NC(=O)N2CCN(C(=O)c3ccco3)CC2)cc1F. The molecular formula is C20H25FN4O3. The second kappa shape index (κ2) is 8.33. The van der Waals surface area contributed by atoms with Crippen LogP contribution in [0.5, 0.6) is 0 Å². The molecular weight excluding hydrogens is 363 g/mol. The molecule has 0 atom stereocenters. The quantitative estimate of drug-likeness (QED) is 0.873. The van der Waals surface area contributed by atoms with Crippen LogP contribution in [0, 0.1) is 5.82 Å². The molecule has 1 fully saturated rings. The first-order chi connectivity index (χ1) is 13.4. The predicted octanol–water partition coefficient (Wildman–Crippen LogP) is 3.25. The van der Waals surface area contributed by atoms with Crippen molar-refractivity contribution in [3.63, 3.8) is 0 Å². The van der Waals surface area contributed by atoms with E-state index in [1.807, 2.05) is 25.8 Å². The van der Waals surface area contributed by atoms with Gasteiger partial charge in [-0.2, -0.15) is 0 Å². The molecule has 1 N–H and O–H groups in total. The largest absolute Gasteiger partial charge is 0.459 e. The molecule has 150 valence electrons. The number of amides is 3. The van der Waals surface area contributed by atoms with Crippen LogP contribution in [0.25, 0.3) is 0 Å². The number of carbonyl (C=O) groups is 2. The van der Waals surface area contributed by atoms with Gasteiger partial charge in [0.25, 0.3) is 5.91 Å². The highest BCUT2D eigenvalue weighted by Crippen LogP contribution is 2.23. The molecule has 1 aliphatic heterocycles. The van der Waals surface area contributed by atoms with Gasteiger partial charge in [0.1, 0.15) is 5.82 Å². The van der Waals surface area contributed by atoms with Gasteiger partial charge in [-0.1, -0.05) is 0 Å². The topological polar surface area (TPSA) is 69.0 Å². The molecule has 0 aliphatic carbocycles. The Morgan fingerprint density at radius 2 is 1.82 bits per heavy atom. The first-order valence-corrected chi connectivity index (χ1v) is 9.28. The Morgan fingerprint density at radius 1 is 1.14 bits per heavy atom. The van der Waals surface area contributed by atoms with Crippen molar-refractivity contribution in [3.8, 4) is 0 Å². The Hall–Kier alpha value is -3.03. The maximum Gasteiger partial charge on any atom is 0.321 e. The molecule has 0 radical (unpaired) electrons. The Kier molecular flexibility index (Phi) is 5.87. The van der Waals surface area contributed by atoms with E-state index in [0.29, 0.717) is 43.3 Å². The minimum absolute atomic E-state index is 0.162. The van der Waals surface area contributed by atoms with Crippen molar-refractivity contribution in [2.45, 2.75) is 19.9 Å². The second-order valence-electron chi connectivity index (χ2n) is 7.06. The third-order valence-corrected chi connectivity index (χ3v) is 4.94.